The van der Waals surface area contributed by atoms with Crippen molar-refractivity contribution < 1.29 is 0 Å². The highest BCUT2D eigenvalue weighted by Gasteiger charge is 2.11. The molecule has 0 amide bonds. The van der Waals surface area contributed by atoms with Crippen LogP contribution in [0.4, 0.5) is 0 Å². The predicted octanol–water partition coefficient (Wildman–Crippen LogP) is 2.63. The zero-order chi connectivity index (χ0) is 12.5. The normalized spacial score (nSPS) is 13.2. The molecule has 1 aromatic heterocycles. The molecule has 3 nitrogen and oxygen atoms in total. The second kappa shape index (κ2) is 8.61. The van der Waals surface area contributed by atoms with E-state index in [1.807, 2.05) is 5.51 Å². The number of hydrogen-bond acceptors (Lipinski definition) is 4. The summed E-state index contributed by atoms with van der Waals surface area (Å²) in [5.74, 6) is 1.53. The minimum Gasteiger partial charge on any atom is -0.330 e. The van der Waals surface area contributed by atoms with Crippen LogP contribution >= 0.6 is 11.3 Å². The van der Waals surface area contributed by atoms with Crippen molar-refractivity contribution in [2.75, 3.05) is 13.1 Å². The van der Waals surface area contributed by atoms with Gasteiger partial charge in [0.25, 0.3) is 0 Å². The molecule has 4 heteroatoms. The fourth-order valence-electron chi connectivity index (χ4n) is 2.06. The maximum Gasteiger partial charge on any atom is 0.0795 e. The van der Waals surface area contributed by atoms with E-state index in [1.54, 1.807) is 11.3 Å². The summed E-state index contributed by atoms with van der Waals surface area (Å²) in [6.45, 7) is 7.37. The van der Waals surface area contributed by atoms with Crippen LogP contribution in [0, 0.1) is 11.8 Å². The molecule has 0 aliphatic rings. The molecule has 0 aromatic carbocycles. The number of nitrogens with two attached hydrogens (primary N) is 1. The van der Waals surface area contributed by atoms with E-state index in [-0.39, 0.29) is 0 Å². The van der Waals surface area contributed by atoms with Crippen molar-refractivity contribution in [2.45, 2.75) is 39.7 Å². The largest absolute Gasteiger partial charge is 0.330 e. The molecule has 1 unspecified atom stereocenters. The third kappa shape index (κ3) is 6.15. The number of rotatable bonds is 9. The molecule has 0 radical (unpaired) electrons. The number of thiazole rings is 1. The third-order valence-corrected chi connectivity index (χ3v) is 3.83. The van der Waals surface area contributed by atoms with Gasteiger partial charge >= 0.3 is 0 Å². The van der Waals surface area contributed by atoms with E-state index in [0.717, 1.165) is 43.6 Å². The summed E-state index contributed by atoms with van der Waals surface area (Å²) in [7, 11) is 0. The Balaban J connectivity index is 2.06. The predicted molar refractivity (Wildman–Crippen MR) is 75.1 cm³/mol. The number of aromatic nitrogens is 1. The van der Waals surface area contributed by atoms with Crippen LogP contribution in [0.25, 0.3) is 0 Å². The summed E-state index contributed by atoms with van der Waals surface area (Å²) in [6, 6.07) is 0. The first-order valence-electron chi connectivity index (χ1n) is 6.52. The Labute approximate surface area is 109 Å². The standard InChI is InChI=1S/C13H25N3S/c1-11(2)12(5-6-14)4-3-7-15-8-13-9-17-10-16-13/h9-12,15H,3-8,14H2,1-2H3. The van der Waals surface area contributed by atoms with E-state index in [0.29, 0.717) is 0 Å². The third-order valence-electron chi connectivity index (χ3n) is 3.20. The molecule has 0 aliphatic carbocycles. The number of nitrogens with zero attached hydrogens (tertiary/aromatic N) is 1. The van der Waals surface area contributed by atoms with Crippen LogP contribution < -0.4 is 11.1 Å². The van der Waals surface area contributed by atoms with Crippen LogP contribution in [0.1, 0.15) is 38.8 Å². The Morgan fingerprint density at radius 3 is 2.82 bits per heavy atom. The van der Waals surface area contributed by atoms with Crippen molar-refractivity contribution in [3.05, 3.63) is 16.6 Å². The Morgan fingerprint density at radius 1 is 1.41 bits per heavy atom. The summed E-state index contributed by atoms with van der Waals surface area (Å²) >= 11 is 1.65. The molecule has 1 heterocycles. The van der Waals surface area contributed by atoms with Crippen LogP contribution in [-0.2, 0) is 6.54 Å². The van der Waals surface area contributed by atoms with Gasteiger partial charge in [0.15, 0.2) is 0 Å². The van der Waals surface area contributed by atoms with Crippen molar-refractivity contribution in [3.8, 4) is 0 Å². The highest BCUT2D eigenvalue weighted by Crippen LogP contribution is 2.19. The average Bonchev–Trinajstić information content (AvgIpc) is 2.80. The Hall–Kier alpha value is -0.450. The molecule has 1 aromatic rings. The molecule has 0 bridgehead atoms. The van der Waals surface area contributed by atoms with Gasteiger partial charge in [0.05, 0.1) is 11.2 Å². The molecular formula is C13H25N3S. The quantitative estimate of drug-likeness (QED) is 0.667. The van der Waals surface area contributed by atoms with Crippen molar-refractivity contribution >= 4 is 11.3 Å². The average molecular weight is 255 g/mol. The van der Waals surface area contributed by atoms with Gasteiger partial charge in [0.1, 0.15) is 0 Å². The monoisotopic (exact) mass is 255 g/mol. The van der Waals surface area contributed by atoms with Gasteiger partial charge in [0.2, 0.25) is 0 Å². The molecule has 0 aliphatic heterocycles. The Bertz CT molecular complexity index is 272. The summed E-state index contributed by atoms with van der Waals surface area (Å²) in [5.41, 5.74) is 8.67. The minimum absolute atomic E-state index is 0.747. The summed E-state index contributed by atoms with van der Waals surface area (Å²) in [6.07, 6.45) is 3.66. The highest BCUT2D eigenvalue weighted by atomic mass is 32.1. The lowest BCUT2D eigenvalue weighted by molar-refractivity contribution is 0.331. The lowest BCUT2D eigenvalue weighted by Gasteiger charge is -2.19. The molecule has 0 saturated carbocycles. The molecule has 0 saturated heterocycles. The minimum atomic E-state index is 0.747. The molecule has 0 fully saturated rings. The first-order chi connectivity index (χ1) is 8.24. The molecule has 3 N–H and O–H groups in total. The molecule has 0 spiro atoms. The van der Waals surface area contributed by atoms with Gasteiger partial charge in [-0.05, 0) is 44.2 Å². The summed E-state index contributed by atoms with van der Waals surface area (Å²) < 4.78 is 0. The zero-order valence-corrected chi connectivity index (χ0v) is 11.8. The maximum absolute atomic E-state index is 5.64. The highest BCUT2D eigenvalue weighted by molar-refractivity contribution is 7.07. The molecule has 17 heavy (non-hydrogen) atoms. The van der Waals surface area contributed by atoms with Crippen LogP contribution in [0.3, 0.4) is 0 Å². The van der Waals surface area contributed by atoms with Crippen molar-refractivity contribution in [3.63, 3.8) is 0 Å². The second-order valence-electron chi connectivity index (χ2n) is 4.88. The fourth-order valence-corrected chi connectivity index (χ4v) is 2.61. The van der Waals surface area contributed by atoms with Gasteiger partial charge < -0.3 is 11.1 Å². The number of nitrogens with one attached hydrogen (secondary N) is 1. The topological polar surface area (TPSA) is 50.9 Å². The lowest BCUT2D eigenvalue weighted by atomic mass is 9.88. The molecule has 1 atom stereocenters. The molecule has 1 rings (SSSR count). The summed E-state index contributed by atoms with van der Waals surface area (Å²) in [5, 5.41) is 5.53. The van der Waals surface area contributed by atoms with Gasteiger partial charge in [-0.2, -0.15) is 0 Å². The van der Waals surface area contributed by atoms with E-state index in [2.05, 4.69) is 29.5 Å². The SMILES string of the molecule is CC(C)C(CCN)CCCNCc1cscn1. The van der Waals surface area contributed by atoms with Crippen LogP contribution in [0.5, 0.6) is 0 Å². The van der Waals surface area contributed by atoms with Crippen LogP contribution in [0.2, 0.25) is 0 Å². The van der Waals surface area contributed by atoms with E-state index in [1.165, 1.54) is 12.8 Å². The second-order valence-corrected chi connectivity index (χ2v) is 5.60. The van der Waals surface area contributed by atoms with Crippen LogP contribution in [-0.4, -0.2) is 18.1 Å². The fraction of sp³-hybridized carbons (Fsp3) is 0.769. The zero-order valence-electron chi connectivity index (χ0n) is 11.0. The van der Waals surface area contributed by atoms with E-state index in [9.17, 15) is 0 Å². The Morgan fingerprint density at radius 2 is 2.24 bits per heavy atom. The van der Waals surface area contributed by atoms with Crippen LogP contribution in [0.15, 0.2) is 10.9 Å². The summed E-state index contributed by atoms with van der Waals surface area (Å²) in [4.78, 5) is 4.25. The molecular weight excluding hydrogens is 230 g/mol. The maximum atomic E-state index is 5.64. The lowest BCUT2D eigenvalue weighted by Crippen LogP contribution is -2.19. The Kier molecular flexibility index (Phi) is 7.40. The van der Waals surface area contributed by atoms with Crippen molar-refractivity contribution in [1.82, 2.24) is 10.3 Å². The first kappa shape index (κ1) is 14.6. The van der Waals surface area contributed by atoms with E-state index in [4.69, 9.17) is 5.73 Å². The van der Waals surface area contributed by atoms with Gasteiger partial charge in [0, 0.05) is 11.9 Å². The van der Waals surface area contributed by atoms with E-state index >= 15 is 0 Å². The van der Waals surface area contributed by atoms with Gasteiger partial charge in [-0.1, -0.05) is 13.8 Å². The van der Waals surface area contributed by atoms with Crippen molar-refractivity contribution in [1.29, 1.82) is 0 Å². The first-order valence-corrected chi connectivity index (χ1v) is 7.46. The van der Waals surface area contributed by atoms with Gasteiger partial charge in [-0.25, -0.2) is 4.98 Å². The smallest absolute Gasteiger partial charge is 0.0795 e. The molecule has 98 valence electrons. The van der Waals surface area contributed by atoms with Gasteiger partial charge in [-0.15, -0.1) is 11.3 Å². The number of hydrogen-bond donors (Lipinski definition) is 2. The van der Waals surface area contributed by atoms with Crippen molar-refractivity contribution in [2.24, 2.45) is 17.6 Å². The van der Waals surface area contributed by atoms with E-state index < -0.39 is 0 Å². The van der Waals surface area contributed by atoms with Gasteiger partial charge in [-0.3, -0.25) is 0 Å².